The third kappa shape index (κ3) is 11.7. The Kier molecular flexibility index (Phi) is 16.3. The zero-order valence-electron chi connectivity index (χ0n) is 18.2. The minimum atomic E-state index is -0.984. The first-order chi connectivity index (χ1) is 13.7. The predicted octanol–water partition coefficient (Wildman–Crippen LogP) is 4.36. The highest BCUT2D eigenvalue weighted by Crippen LogP contribution is 2.19. The largest absolute Gasteiger partial charge is 0.394 e. The second-order valence-electron chi connectivity index (χ2n) is 8.40. The Morgan fingerprint density at radius 3 is 1.68 bits per heavy atom. The van der Waals surface area contributed by atoms with Crippen molar-refractivity contribution >= 4 is 0 Å². The van der Waals surface area contributed by atoms with Gasteiger partial charge in [0.05, 0.1) is 13.2 Å². The van der Waals surface area contributed by atoms with E-state index >= 15 is 0 Å². The minimum absolute atomic E-state index is 0.0468. The zero-order chi connectivity index (χ0) is 20.5. The second-order valence-corrected chi connectivity index (χ2v) is 8.40. The van der Waals surface area contributed by atoms with E-state index in [4.69, 9.17) is 9.47 Å². The van der Waals surface area contributed by atoms with E-state index in [2.05, 4.69) is 6.92 Å². The van der Waals surface area contributed by atoms with Crippen LogP contribution in [0, 0.1) is 0 Å². The van der Waals surface area contributed by atoms with Gasteiger partial charge in [0.1, 0.15) is 24.4 Å². The number of rotatable bonds is 18. The lowest BCUT2D eigenvalue weighted by Gasteiger charge is -2.37. The average Bonchev–Trinajstić information content (AvgIpc) is 2.70. The Bertz CT molecular complexity index is 337. The van der Waals surface area contributed by atoms with Gasteiger partial charge < -0.3 is 24.8 Å². The van der Waals surface area contributed by atoms with Crippen molar-refractivity contribution in [1.29, 1.82) is 0 Å². The van der Waals surface area contributed by atoms with Crippen LogP contribution in [-0.4, -0.2) is 59.6 Å². The Hall–Kier alpha value is -0.200. The Morgan fingerprint density at radius 2 is 1.21 bits per heavy atom. The van der Waals surface area contributed by atoms with Crippen molar-refractivity contribution in [2.24, 2.45) is 0 Å². The SMILES string of the molecule is CCCCCCCCCCCCCCCCCO[C@@H]1[C@@H](O)[C@H](O)CO[C@H]1CO. The topological polar surface area (TPSA) is 79.2 Å². The molecular weight excluding hydrogens is 356 g/mol. The van der Waals surface area contributed by atoms with Crippen LogP contribution in [0.3, 0.4) is 0 Å². The first kappa shape index (κ1) is 25.8. The zero-order valence-corrected chi connectivity index (χ0v) is 18.2. The summed E-state index contributed by atoms with van der Waals surface area (Å²) in [6, 6.07) is 0. The average molecular weight is 403 g/mol. The van der Waals surface area contributed by atoms with Gasteiger partial charge >= 0.3 is 0 Å². The third-order valence-electron chi connectivity index (χ3n) is 5.82. The van der Waals surface area contributed by atoms with Crippen molar-refractivity contribution in [1.82, 2.24) is 0 Å². The molecule has 3 N–H and O–H groups in total. The first-order valence-electron chi connectivity index (χ1n) is 11.9. The molecule has 1 saturated heterocycles. The van der Waals surface area contributed by atoms with Crippen LogP contribution in [-0.2, 0) is 9.47 Å². The van der Waals surface area contributed by atoms with Gasteiger partial charge in [-0.2, -0.15) is 0 Å². The fourth-order valence-electron chi connectivity index (χ4n) is 3.91. The molecule has 0 aromatic rings. The van der Waals surface area contributed by atoms with Crippen molar-refractivity contribution in [3.05, 3.63) is 0 Å². The molecule has 5 heteroatoms. The van der Waals surface area contributed by atoms with E-state index in [0.717, 1.165) is 12.8 Å². The molecule has 28 heavy (non-hydrogen) atoms. The molecule has 0 spiro atoms. The molecule has 0 aromatic carbocycles. The Balaban J connectivity index is 1.85. The summed E-state index contributed by atoms with van der Waals surface area (Å²) in [6.45, 7) is 2.65. The molecule has 0 amide bonds. The number of aliphatic hydroxyl groups excluding tert-OH is 3. The molecule has 0 radical (unpaired) electrons. The van der Waals surface area contributed by atoms with Gasteiger partial charge in [0.25, 0.3) is 0 Å². The van der Waals surface area contributed by atoms with E-state index in [-0.39, 0.29) is 13.2 Å². The summed E-state index contributed by atoms with van der Waals surface area (Å²) in [6.07, 6.45) is 16.7. The molecule has 0 aromatic heterocycles. The summed E-state index contributed by atoms with van der Waals surface area (Å²) >= 11 is 0. The number of ether oxygens (including phenoxy) is 2. The molecule has 1 aliphatic rings. The number of hydrogen-bond donors (Lipinski definition) is 3. The fraction of sp³-hybridized carbons (Fsp3) is 1.00. The van der Waals surface area contributed by atoms with Crippen LogP contribution in [0.2, 0.25) is 0 Å². The standard InChI is InChI=1S/C23H46O5/c1-2-3-4-5-6-7-8-9-10-11-12-13-14-15-16-17-27-23-21(18-24)28-19-20(25)22(23)26/h20-26H,2-19H2,1H3/t20-,21+,22+,23+/m1/s1. The molecule has 1 rings (SSSR count). The molecule has 1 aliphatic heterocycles. The van der Waals surface area contributed by atoms with Crippen molar-refractivity contribution in [2.45, 2.75) is 128 Å². The monoisotopic (exact) mass is 402 g/mol. The third-order valence-corrected chi connectivity index (χ3v) is 5.82. The number of unbranched alkanes of at least 4 members (excludes halogenated alkanes) is 14. The van der Waals surface area contributed by atoms with Crippen molar-refractivity contribution in [3.63, 3.8) is 0 Å². The van der Waals surface area contributed by atoms with Crippen LogP contribution in [0.5, 0.6) is 0 Å². The van der Waals surface area contributed by atoms with Gasteiger partial charge in [-0.25, -0.2) is 0 Å². The highest BCUT2D eigenvalue weighted by atomic mass is 16.6. The van der Waals surface area contributed by atoms with Crippen LogP contribution in [0.4, 0.5) is 0 Å². The van der Waals surface area contributed by atoms with E-state index in [1.165, 1.54) is 83.5 Å². The summed E-state index contributed by atoms with van der Waals surface area (Å²) in [4.78, 5) is 0. The van der Waals surface area contributed by atoms with E-state index < -0.39 is 24.4 Å². The van der Waals surface area contributed by atoms with Gasteiger partial charge in [-0.3, -0.25) is 0 Å². The summed E-state index contributed by atoms with van der Waals surface area (Å²) in [7, 11) is 0. The van der Waals surface area contributed by atoms with E-state index in [0.29, 0.717) is 6.61 Å². The maximum Gasteiger partial charge on any atom is 0.114 e. The lowest BCUT2D eigenvalue weighted by molar-refractivity contribution is -0.211. The summed E-state index contributed by atoms with van der Waals surface area (Å²) in [5, 5.41) is 29.0. The molecule has 0 unspecified atom stereocenters. The highest BCUT2D eigenvalue weighted by Gasteiger charge is 2.39. The summed E-state index contributed by atoms with van der Waals surface area (Å²) < 4.78 is 11.0. The number of aliphatic hydroxyl groups is 3. The number of hydrogen-bond acceptors (Lipinski definition) is 5. The molecular formula is C23H46O5. The summed E-state index contributed by atoms with van der Waals surface area (Å²) in [5.74, 6) is 0. The van der Waals surface area contributed by atoms with Gasteiger partial charge in [0, 0.05) is 6.61 Å². The maximum absolute atomic E-state index is 10.00. The van der Waals surface area contributed by atoms with Gasteiger partial charge in [0.2, 0.25) is 0 Å². The van der Waals surface area contributed by atoms with Gasteiger partial charge in [-0.15, -0.1) is 0 Å². The van der Waals surface area contributed by atoms with E-state index in [9.17, 15) is 15.3 Å². The Morgan fingerprint density at radius 1 is 0.750 bits per heavy atom. The van der Waals surface area contributed by atoms with E-state index in [1.54, 1.807) is 0 Å². The predicted molar refractivity (Wildman–Crippen MR) is 114 cm³/mol. The van der Waals surface area contributed by atoms with Crippen LogP contribution >= 0.6 is 0 Å². The van der Waals surface area contributed by atoms with Gasteiger partial charge in [-0.05, 0) is 6.42 Å². The lowest BCUT2D eigenvalue weighted by atomic mass is 10.0. The van der Waals surface area contributed by atoms with Gasteiger partial charge in [0.15, 0.2) is 0 Å². The minimum Gasteiger partial charge on any atom is -0.394 e. The maximum atomic E-state index is 10.00. The molecule has 168 valence electrons. The molecule has 5 nitrogen and oxygen atoms in total. The molecule has 0 aliphatic carbocycles. The molecule has 0 saturated carbocycles. The lowest BCUT2D eigenvalue weighted by Crippen LogP contribution is -2.55. The van der Waals surface area contributed by atoms with Crippen molar-refractivity contribution in [2.75, 3.05) is 19.8 Å². The molecule has 0 bridgehead atoms. The summed E-state index contributed by atoms with van der Waals surface area (Å²) in [5.41, 5.74) is 0. The van der Waals surface area contributed by atoms with Crippen molar-refractivity contribution < 1.29 is 24.8 Å². The fourth-order valence-corrected chi connectivity index (χ4v) is 3.91. The highest BCUT2D eigenvalue weighted by molar-refractivity contribution is 4.87. The quantitative estimate of drug-likeness (QED) is 0.297. The van der Waals surface area contributed by atoms with Crippen LogP contribution < -0.4 is 0 Å². The van der Waals surface area contributed by atoms with Crippen LogP contribution in [0.25, 0.3) is 0 Å². The first-order valence-corrected chi connectivity index (χ1v) is 11.9. The molecule has 4 atom stereocenters. The Labute approximate surface area is 172 Å². The second kappa shape index (κ2) is 17.6. The van der Waals surface area contributed by atoms with E-state index in [1.807, 2.05) is 0 Å². The molecule has 1 heterocycles. The van der Waals surface area contributed by atoms with Crippen LogP contribution in [0.15, 0.2) is 0 Å². The van der Waals surface area contributed by atoms with Gasteiger partial charge in [-0.1, -0.05) is 96.8 Å². The van der Waals surface area contributed by atoms with Crippen molar-refractivity contribution in [3.8, 4) is 0 Å². The van der Waals surface area contributed by atoms with Crippen LogP contribution in [0.1, 0.15) is 103 Å². The smallest absolute Gasteiger partial charge is 0.114 e. The normalized spacial score (nSPS) is 25.3. The molecule has 1 fully saturated rings.